The van der Waals surface area contributed by atoms with Gasteiger partial charge in [-0.05, 0) is 60.0 Å². The van der Waals surface area contributed by atoms with Gasteiger partial charge in [-0.1, -0.05) is 89.9 Å². The molecular weight excluding hydrogens is 593 g/mol. The summed E-state index contributed by atoms with van der Waals surface area (Å²) in [6, 6.07) is 25.6. The zero-order valence-corrected chi connectivity index (χ0v) is 26.0. The SMILES string of the molecule is CC(C)NC(=O)[C@H](Cc1ccccc1)N(Cc1ccc(Cl)c(Cl)c1)C(=O)CN(C)S(=O)(=O)c1ccc2ccccc2c1. The molecule has 0 aliphatic rings. The van der Waals surface area contributed by atoms with Crippen LogP contribution in [0.2, 0.25) is 10.0 Å². The van der Waals surface area contributed by atoms with Crippen LogP contribution in [0.5, 0.6) is 0 Å². The average molecular weight is 627 g/mol. The molecule has 1 atom stereocenters. The highest BCUT2D eigenvalue weighted by Crippen LogP contribution is 2.25. The number of carbonyl (C=O) groups excluding carboxylic acids is 2. The maximum absolute atomic E-state index is 14.0. The third-order valence-corrected chi connectivity index (χ3v) is 9.36. The van der Waals surface area contributed by atoms with E-state index in [-0.39, 0.29) is 29.8 Å². The van der Waals surface area contributed by atoms with E-state index < -0.39 is 28.5 Å². The number of likely N-dealkylation sites (N-methyl/N-ethyl adjacent to an activating group) is 1. The molecule has 0 fully saturated rings. The predicted molar refractivity (Wildman–Crippen MR) is 168 cm³/mol. The van der Waals surface area contributed by atoms with Gasteiger partial charge in [-0.15, -0.1) is 0 Å². The van der Waals surface area contributed by atoms with E-state index in [1.165, 1.54) is 18.0 Å². The fraction of sp³-hybridized carbons (Fsp3) is 0.250. The van der Waals surface area contributed by atoms with Gasteiger partial charge < -0.3 is 10.2 Å². The van der Waals surface area contributed by atoms with Crippen LogP contribution in [-0.4, -0.2) is 55.1 Å². The largest absolute Gasteiger partial charge is 0.352 e. The molecule has 42 heavy (non-hydrogen) atoms. The molecule has 4 aromatic carbocycles. The molecule has 0 aromatic heterocycles. The fourth-order valence-corrected chi connectivity index (χ4v) is 6.12. The van der Waals surface area contributed by atoms with Crippen LogP contribution in [0.1, 0.15) is 25.0 Å². The number of carbonyl (C=O) groups is 2. The third kappa shape index (κ3) is 7.69. The van der Waals surface area contributed by atoms with Gasteiger partial charge in [-0.3, -0.25) is 9.59 Å². The highest BCUT2D eigenvalue weighted by Gasteiger charge is 2.33. The zero-order chi connectivity index (χ0) is 30.4. The molecule has 0 heterocycles. The van der Waals surface area contributed by atoms with Crippen molar-refractivity contribution in [2.75, 3.05) is 13.6 Å². The second-order valence-electron chi connectivity index (χ2n) is 10.4. The van der Waals surface area contributed by atoms with E-state index in [0.717, 1.165) is 20.6 Å². The Morgan fingerprint density at radius 1 is 0.810 bits per heavy atom. The fourth-order valence-electron chi connectivity index (χ4n) is 4.64. The molecule has 7 nitrogen and oxygen atoms in total. The Hall–Kier alpha value is -3.43. The van der Waals surface area contributed by atoms with Crippen LogP contribution >= 0.6 is 23.2 Å². The number of amides is 2. The van der Waals surface area contributed by atoms with Gasteiger partial charge in [-0.25, -0.2) is 8.42 Å². The topological polar surface area (TPSA) is 86.8 Å². The summed E-state index contributed by atoms with van der Waals surface area (Å²) in [5.74, 6) is -0.880. The van der Waals surface area contributed by atoms with E-state index in [1.54, 1.807) is 30.3 Å². The van der Waals surface area contributed by atoms with Gasteiger partial charge in [0.2, 0.25) is 21.8 Å². The number of sulfonamides is 1. The molecule has 0 unspecified atom stereocenters. The summed E-state index contributed by atoms with van der Waals surface area (Å²) in [5.41, 5.74) is 1.50. The maximum Gasteiger partial charge on any atom is 0.243 e. The molecule has 0 aliphatic heterocycles. The minimum Gasteiger partial charge on any atom is -0.352 e. The van der Waals surface area contributed by atoms with Crippen LogP contribution in [0.4, 0.5) is 0 Å². The first-order valence-corrected chi connectivity index (χ1v) is 15.7. The second kappa shape index (κ2) is 13.7. The van der Waals surface area contributed by atoms with Crippen LogP contribution in [0.15, 0.2) is 95.9 Å². The summed E-state index contributed by atoms with van der Waals surface area (Å²) in [4.78, 5) is 29.1. The van der Waals surface area contributed by atoms with Gasteiger partial charge in [0.1, 0.15) is 6.04 Å². The first-order chi connectivity index (χ1) is 20.0. The van der Waals surface area contributed by atoms with Crippen molar-refractivity contribution in [3.05, 3.63) is 112 Å². The molecule has 0 bridgehead atoms. The lowest BCUT2D eigenvalue weighted by Crippen LogP contribution is -2.53. The number of nitrogens with one attached hydrogen (secondary N) is 1. The molecule has 4 aromatic rings. The molecule has 1 N–H and O–H groups in total. The normalized spacial score (nSPS) is 12.5. The van der Waals surface area contributed by atoms with Gasteiger partial charge >= 0.3 is 0 Å². The molecular formula is C32H33Cl2N3O4S. The van der Waals surface area contributed by atoms with Gasteiger partial charge in [0.05, 0.1) is 21.5 Å². The van der Waals surface area contributed by atoms with Crippen LogP contribution in [0, 0.1) is 0 Å². The van der Waals surface area contributed by atoms with E-state index in [2.05, 4.69) is 5.32 Å². The van der Waals surface area contributed by atoms with E-state index in [1.807, 2.05) is 68.4 Å². The van der Waals surface area contributed by atoms with Crippen molar-refractivity contribution >= 4 is 55.8 Å². The first-order valence-electron chi connectivity index (χ1n) is 13.5. The monoisotopic (exact) mass is 625 g/mol. The Balaban J connectivity index is 1.69. The summed E-state index contributed by atoms with van der Waals surface area (Å²) < 4.78 is 28.1. The Morgan fingerprint density at radius 3 is 2.14 bits per heavy atom. The van der Waals surface area contributed by atoms with Crippen molar-refractivity contribution in [2.24, 2.45) is 0 Å². The van der Waals surface area contributed by atoms with Crippen LogP contribution < -0.4 is 5.32 Å². The standard InChI is InChI=1S/C32H33Cl2N3O4S/c1-22(2)35-32(39)30(18-23-9-5-4-6-10-23)37(20-24-13-16-28(33)29(34)17-24)31(38)21-36(3)42(40,41)27-15-14-25-11-7-8-12-26(25)19-27/h4-17,19,22,30H,18,20-21H2,1-3H3,(H,35,39)/t30-/m0/s1. The predicted octanol–water partition coefficient (Wildman–Crippen LogP) is 5.93. The zero-order valence-electron chi connectivity index (χ0n) is 23.6. The van der Waals surface area contributed by atoms with Crippen molar-refractivity contribution < 1.29 is 18.0 Å². The Morgan fingerprint density at radius 2 is 1.48 bits per heavy atom. The number of hydrogen-bond donors (Lipinski definition) is 1. The van der Waals surface area contributed by atoms with E-state index in [0.29, 0.717) is 15.6 Å². The van der Waals surface area contributed by atoms with Crippen LogP contribution in [-0.2, 0) is 32.6 Å². The first kappa shape index (κ1) is 31.5. The lowest BCUT2D eigenvalue weighted by molar-refractivity contribution is -0.141. The number of halogens is 2. The van der Waals surface area contributed by atoms with E-state index in [9.17, 15) is 18.0 Å². The minimum absolute atomic E-state index is 0.0165. The summed E-state index contributed by atoms with van der Waals surface area (Å²) in [7, 11) is -2.66. The second-order valence-corrected chi connectivity index (χ2v) is 13.3. The van der Waals surface area contributed by atoms with Gasteiger partial charge in [0.25, 0.3) is 0 Å². The van der Waals surface area contributed by atoms with Crippen molar-refractivity contribution in [2.45, 2.75) is 43.8 Å². The van der Waals surface area contributed by atoms with Crippen LogP contribution in [0.3, 0.4) is 0 Å². The minimum atomic E-state index is -4.02. The number of fused-ring (bicyclic) bond motifs is 1. The van der Waals surface area contributed by atoms with Gasteiger partial charge in [-0.2, -0.15) is 4.31 Å². The molecule has 0 saturated carbocycles. The molecule has 4 rings (SSSR count). The van der Waals surface area contributed by atoms with Crippen molar-refractivity contribution in [1.29, 1.82) is 0 Å². The number of rotatable bonds is 11. The molecule has 0 aliphatic carbocycles. The summed E-state index contributed by atoms with van der Waals surface area (Å²) in [6.45, 7) is 3.22. The van der Waals surface area contributed by atoms with Crippen molar-refractivity contribution in [1.82, 2.24) is 14.5 Å². The molecule has 2 amide bonds. The summed E-state index contributed by atoms with van der Waals surface area (Å²) >= 11 is 12.4. The Kier molecular flexibility index (Phi) is 10.3. The summed E-state index contributed by atoms with van der Waals surface area (Å²) in [5, 5.41) is 5.26. The van der Waals surface area contributed by atoms with E-state index >= 15 is 0 Å². The number of hydrogen-bond acceptors (Lipinski definition) is 4. The number of benzene rings is 4. The maximum atomic E-state index is 14.0. The van der Waals surface area contributed by atoms with Crippen molar-refractivity contribution in [3.63, 3.8) is 0 Å². The third-order valence-electron chi connectivity index (χ3n) is 6.83. The molecule has 0 saturated heterocycles. The quantitative estimate of drug-likeness (QED) is 0.224. The van der Waals surface area contributed by atoms with Gasteiger partial charge in [0.15, 0.2) is 0 Å². The van der Waals surface area contributed by atoms with Crippen LogP contribution in [0.25, 0.3) is 10.8 Å². The lowest BCUT2D eigenvalue weighted by atomic mass is 10.0. The molecule has 220 valence electrons. The smallest absolute Gasteiger partial charge is 0.243 e. The van der Waals surface area contributed by atoms with Gasteiger partial charge in [0, 0.05) is 26.1 Å². The highest BCUT2D eigenvalue weighted by atomic mass is 35.5. The number of nitrogens with zero attached hydrogens (tertiary/aromatic N) is 2. The summed E-state index contributed by atoms with van der Waals surface area (Å²) in [6.07, 6.45) is 0.230. The highest BCUT2D eigenvalue weighted by molar-refractivity contribution is 7.89. The Bertz CT molecular complexity index is 1680. The van der Waals surface area contributed by atoms with Crippen molar-refractivity contribution in [3.8, 4) is 0 Å². The Labute approximate surface area is 257 Å². The molecule has 0 spiro atoms. The molecule has 10 heteroatoms. The lowest BCUT2D eigenvalue weighted by Gasteiger charge is -2.33. The molecule has 0 radical (unpaired) electrons. The van der Waals surface area contributed by atoms with E-state index in [4.69, 9.17) is 23.2 Å². The average Bonchev–Trinajstić information content (AvgIpc) is 2.96.